The largest absolute Gasteiger partial charge is 0.497 e. The number of carbonyl (C=O) groups excluding carboxylic acids is 2. The lowest BCUT2D eigenvalue weighted by Crippen LogP contribution is -2.54. The quantitative estimate of drug-likeness (QED) is 0.807. The molecule has 1 aromatic rings. The van der Waals surface area contributed by atoms with Crippen LogP contribution in [-0.2, 0) is 19.7 Å². The zero-order valence-electron chi connectivity index (χ0n) is 14.6. The fourth-order valence-corrected chi connectivity index (χ4v) is 2.82. The van der Waals surface area contributed by atoms with Crippen LogP contribution in [0.3, 0.4) is 0 Å². The topological polar surface area (TPSA) is 76.7 Å². The molecule has 0 aliphatic carbocycles. The van der Waals surface area contributed by atoms with Gasteiger partial charge in [0.05, 0.1) is 12.5 Å². The third-order valence-corrected chi connectivity index (χ3v) is 4.78. The second-order valence-corrected chi connectivity index (χ2v) is 6.18. The summed E-state index contributed by atoms with van der Waals surface area (Å²) in [6.07, 6.45) is 1.87. The number of rotatable bonds is 5. The van der Waals surface area contributed by atoms with Gasteiger partial charge in [0.25, 0.3) is 0 Å². The Labute approximate surface area is 142 Å². The van der Waals surface area contributed by atoms with Gasteiger partial charge in [-0.3, -0.25) is 20.4 Å². The predicted octanol–water partition coefficient (Wildman–Crippen LogP) is 1.94. The summed E-state index contributed by atoms with van der Waals surface area (Å²) in [7, 11) is 1.61. The fourth-order valence-electron chi connectivity index (χ4n) is 2.82. The van der Waals surface area contributed by atoms with Gasteiger partial charge in [-0.15, -0.1) is 0 Å². The molecule has 0 bridgehead atoms. The fraction of sp³-hybridized carbons (Fsp3) is 0.556. The molecule has 1 saturated heterocycles. The van der Waals surface area contributed by atoms with Crippen molar-refractivity contribution >= 4 is 11.8 Å². The van der Waals surface area contributed by atoms with Gasteiger partial charge in [0, 0.05) is 19.1 Å². The van der Waals surface area contributed by atoms with Crippen LogP contribution >= 0.6 is 0 Å². The molecule has 6 nitrogen and oxygen atoms in total. The van der Waals surface area contributed by atoms with E-state index in [9.17, 15) is 9.59 Å². The Morgan fingerprint density at radius 2 is 1.83 bits per heavy atom. The number of hydrogen-bond donors (Lipinski definition) is 2. The van der Waals surface area contributed by atoms with Crippen molar-refractivity contribution in [3.8, 4) is 5.75 Å². The van der Waals surface area contributed by atoms with E-state index in [0.717, 1.165) is 17.7 Å². The first-order chi connectivity index (χ1) is 11.5. The van der Waals surface area contributed by atoms with Crippen LogP contribution in [0.4, 0.5) is 0 Å². The Morgan fingerprint density at radius 3 is 2.38 bits per heavy atom. The van der Waals surface area contributed by atoms with Crippen LogP contribution in [0.1, 0.15) is 38.7 Å². The maximum Gasteiger partial charge on any atom is 0.249 e. The van der Waals surface area contributed by atoms with Crippen molar-refractivity contribution in [3.05, 3.63) is 29.8 Å². The molecule has 0 unspecified atom stereocenters. The molecule has 0 spiro atoms. The van der Waals surface area contributed by atoms with Crippen molar-refractivity contribution in [2.45, 2.75) is 38.5 Å². The standard InChI is InChI=1S/C18H26N2O4/c1-4-13(2)16(21)19-20-17(22)18(9-11-24-12-10-18)14-5-7-15(23-3)8-6-14/h5-8,13H,4,9-12H2,1-3H3,(H,19,21)(H,20,22)/t13-/m1/s1. The van der Waals surface area contributed by atoms with Crippen molar-refractivity contribution in [1.29, 1.82) is 0 Å². The molecule has 1 fully saturated rings. The van der Waals surface area contributed by atoms with E-state index < -0.39 is 5.41 Å². The highest BCUT2D eigenvalue weighted by Crippen LogP contribution is 2.35. The second kappa shape index (κ2) is 8.15. The van der Waals surface area contributed by atoms with Gasteiger partial charge in [0.1, 0.15) is 5.75 Å². The van der Waals surface area contributed by atoms with Gasteiger partial charge >= 0.3 is 0 Å². The summed E-state index contributed by atoms with van der Waals surface area (Å²) in [6.45, 7) is 4.79. The van der Waals surface area contributed by atoms with Crippen LogP contribution < -0.4 is 15.6 Å². The third-order valence-electron chi connectivity index (χ3n) is 4.78. The molecule has 1 aliphatic heterocycles. The summed E-state index contributed by atoms with van der Waals surface area (Å²) in [5.74, 6) is 0.221. The normalized spacial score (nSPS) is 17.6. The lowest BCUT2D eigenvalue weighted by Gasteiger charge is -2.36. The smallest absolute Gasteiger partial charge is 0.249 e. The number of benzene rings is 1. The molecule has 132 valence electrons. The minimum Gasteiger partial charge on any atom is -0.497 e. The minimum atomic E-state index is -0.701. The van der Waals surface area contributed by atoms with Crippen LogP contribution in [-0.4, -0.2) is 32.1 Å². The SMILES string of the molecule is CC[C@@H](C)C(=O)NNC(=O)C1(c2ccc(OC)cc2)CCOCC1. The number of ether oxygens (including phenoxy) is 2. The third kappa shape index (κ3) is 3.87. The van der Waals surface area contributed by atoms with Crippen molar-refractivity contribution in [2.75, 3.05) is 20.3 Å². The van der Waals surface area contributed by atoms with E-state index in [1.165, 1.54) is 0 Å². The molecular weight excluding hydrogens is 308 g/mol. The molecule has 1 aromatic carbocycles. The second-order valence-electron chi connectivity index (χ2n) is 6.18. The average molecular weight is 334 g/mol. The van der Waals surface area contributed by atoms with Gasteiger partial charge < -0.3 is 9.47 Å². The number of methoxy groups -OCH3 is 1. The van der Waals surface area contributed by atoms with E-state index in [1.807, 2.05) is 38.1 Å². The lowest BCUT2D eigenvalue weighted by molar-refractivity contribution is -0.136. The van der Waals surface area contributed by atoms with Gasteiger partial charge in [0.2, 0.25) is 11.8 Å². The summed E-state index contributed by atoms with van der Waals surface area (Å²) in [4.78, 5) is 24.8. The molecule has 24 heavy (non-hydrogen) atoms. The first kappa shape index (κ1) is 18.3. The summed E-state index contributed by atoms with van der Waals surface area (Å²) in [6, 6.07) is 7.50. The first-order valence-corrected chi connectivity index (χ1v) is 8.36. The number of hydrazine groups is 1. The van der Waals surface area contributed by atoms with Gasteiger partial charge in [-0.25, -0.2) is 0 Å². The molecule has 1 atom stereocenters. The molecule has 0 saturated carbocycles. The highest BCUT2D eigenvalue weighted by atomic mass is 16.5. The molecule has 2 N–H and O–H groups in total. The number of nitrogens with one attached hydrogen (secondary N) is 2. The minimum absolute atomic E-state index is 0.142. The molecule has 1 aliphatic rings. The Morgan fingerprint density at radius 1 is 1.21 bits per heavy atom. The predicted molar refractivity (Wildman–Crippen MR) is 90.5 cm³/mol. The van der Waals surface area contributed by atoms with Crippen LogP contribution in [0.25, 0.3) is 0 Å². The molecule has 6 heteroatoms. The average Bonchev–Trinajstić information content (AvgIpc) is 2.65. The monoisotopic (exact) mass is 334 g/mol. The van der Waals surface area contributed by atoms with E-state index in [4.69, 9.17) is 9.47 Å². The molecule has 2 amide bonds. The summed E-state index contributed by atoms with van der Waals surface area (Å²) < 4.78 is 10.6. The number of amides is 2. The van der Waals surface area contributed by atoms with Crippen molar-refractivity contribution in [3.63, 3.8) is 0 Å². The van der Waals surface area contributed by atoms with Crippen molar-refractivity contribution < 1.29 is 19.1 Å². The van der Waals surface area contributed by atoms with Crippen LogP contribution in [0.15, 0.2) is 24.3 Å². The Balaban J connectivity index is 2.17. The highest BCUT2D eigenvalue weighted by Gasteiger charge is 2.42. The van der Waals surface area contributed by atoms with Gasteiger partial charge in [-0.05, 0) is 37.0 Å². The number of carbonyl (C=O) groups is 2. The first-order valence-electron chi connectivity index (χ1n) is 8.36. The lowest BCUT2D eigenvalue weighted by atomic mass is 9.73. The van der Waals surface area contributed by atoms with Gasteiger partial charge in [-0.1, -0.05) is 26.0 Å². The zero-order chi connectivity index (χ0) is 17.6. The van der Waals surface area contributed by atoms with Crippen LogP contribution in [0.5, 0.6) is 5.75 Å². The van der Waals surface area contributed by atoms with E-state index >= 15 is 0 Å². The Hall–Kier alpha value is -2.08. The number of hydrogen-bond acceptors (Lipinski definition) is 4. The summed E-state index contributed by atoms with van der Waals surface area (Å²) >= 11 is 0. The van der Waals surface area contributed by atoms with Crippen LogP contribution in [0.2, 0.25) is 0 Å². The summed E-state index contributed by atoms with van der Waals surface area (Å²) in [5, 5.41) is 0. The zero-order valence-corrected chi connectivity index (χ0v) is 14.6. The molecule has 0 aromatic heterocycles. The van der Waals surface area contributed by atoms with Crippen molar-refractivity contribution in [1.82, 2.24) is 10.9 Å². The highest BCUT2D eigenvalue weighted by molar-refractivity contribution is 5.90. The Bertz CT molecular complexity index is 565. The van der Waals surface area contributed by atoms with Crippen molar-refractivity contribution in [2.24, 2.45) is 5.92 Å². The van der Waals surface area contributed by atoms with E-state index in [0.29, 0.717) is 26.1 Å². The van der Waals surface area contributed by atoms with Gasteiger partial charge in [0.15, 0.2) is 0 Å². The molecule has 0 radical (unpaired) electrons. The Kier molecular flexibility index (Phi) is 6.20. The maximum atomic E-state index is 12.9. The maximum absolute atomic E-state index is 12.9. The molecule has 1 heterocycles. The van der Waals surface area contributed by atoms with E-state index in [1.54, 1.807) is 7.11 Å². The summed E-state index contributed by atoms with van der Waals surface area (Å²) in [5.41, 5.74) is 5.36. The van der Waals surface area contributed by atoms with Crippen LogP contribution in [0, 0.1) is 5.92 Å². The molecular formula is C18H26N2O4. The molecule has 2 rings (SSSR count). The van der Waals surface area contributed by atoms with E-state index in [2.05, 4.69) is 10.9 Å². The van der Waals surface area contributed by atoms with Gasteiger partial charge in [-0.2, -0.15) is 0 Å². The van der Waals surface area contributed by atoms with E-state index in [-0.39, 0.29) is 17.7 Å².